The summed E-state index contributed by atoms with van der Waals surface area (Å²) in [6.45, 7) is 2.53. The molecule has 3 N–H and O–H groups in total. The van der Waals surface area contributed by atoms with E-state index in [9.17, 15) is 0 Å². The Hall–Kier alpha value is -1.46. The van der Waals surface area contributed by atoms with Gasteiger partial charge in [-0.05, 0) is 37.9 Å². The van der Waals surface area contributed by atoms with Crippen molar-refractivity contribution in [3.8, 4) is 0 Å². The molecule has 0 saturated carbocycles. The Morgan fingerprint density at radius 2 is 2.42 bits per heavy atom. The molecule has 0 radical (unpaired) electrons. The van der Waals surface area contributed by atoms with Crippen LogP contribution in [0.15, 0.2) is 18.3 Å². The van der Waals surface area contributed by atoms with Gasteiger partial charge in [-0.3, -0.25) is 15.3 Å². The number of pyridine rings is 1. The van der Waals surface area contributed by atoms with Crippen LogP contribution in [-0.4, -0.2) is 42.0 Å². The van der Waals surface area contributed by atoms with Gasteiger partial charge in [0.05, 0.1) is 6.10 Å². The molecule has 1 aliphatic heterocycles. The first kappa shape index (κ1) is 14.0. The van der Waals surface area contributed by atoms with Crippen LogP contribution in [-0.2, 0) is 11.3 Å². The number of hydrogen-bond acceptors (Lipinski definition) is 4. The number of aromatic nitrogens is 1. The van der Waals surface area contributed by atoms with Crippen LogP contribution in [0.5, 0.6) is 0 Å². The summed E-state index contributed by atoms with van der Waals surface area (Å²) in [6, 6.07) is 3.86. The molecule has 0 aromatic carbocycles. The van der Waals surface area contributed by atoms with Crippen molar-refractivity contribution in [2.75, 3.05) is 20.2 Å². The molecule has 1 aromatic heterocycles. The Labute approximate surface area is 114 Å². The highest BCUT2D eigenvalue weighted by atomic mass is 16.5. The third-order valence-electron chi connectivity index (χ3n) is 3.38. The second-order valence-corrected chi connectivity index (χ2v) is 5.11. The van der Waals surface area contributed by atoms with Gasteiger partial charge in [-0.15, -0.1) is 0 Å². The van der Waals surface area contributed by atoms with E-state index in [4.69, 9.17) is 15.9 Å². The van der Waals surface area contributed by atoms with Crippen molar-refractivity contribution >= 4 is 5.84 Å². The second kappa shape index (κ2) is 6.63. The summed E-state index contributed by atoms with van der Waals surface area (Å²) in [6.07, 6.45) is 5.57. The highest BCUT2D eigenvalue weighted by Crippen LogP contribution is 2.15. The van der Waals surface area contributed by atoms with Crippen LogP contribution in [0.25, 0.3) is 0 Å². The molecular formula is C14H22N4O. The van der Waals surface area contributed by atoms with Gasteiger partial charge >= 0.3 is 0 Å². The topological polar surface area (TPSA) is 75.2 Å². The number of ether oxygens (including phenoxy) is 1. The van der Waals surface area contributed by atoms with E-state index >= 15 is 0 Å². The zero-order valence-corrected chi connectivity index (χ0v) is 11.4. The van der Waals surface area contributed by atoms with Crippen LogP contribution < -0.4 is 5.73 Å². The summed E-state index contributed by atoms with van der Waals surface area (Å²) in [7, 11) is 2.06. The van der Waals surface area contributed by atoms with Gasteiger partial charge in [-0.25, -0.2) is 0 Å². The first-order valence-corrected chi connectivity index (χ1v) is 6.75. The number of nitrogens with zero attached hydrogens (tertiary/aromatic N) is 2. The number of likely N-dealkylation sites (N-methyl/N-ethyl adjacent to an activating group) is 1. The number of rotatable bonds is 5. The van der Waals surface area contributed by atoms with Crippen LogP contribution in [0, 0.1) is 5.41 Å². The van der Waals surface area contributed by atoms with Crippen LogP contribution >= 0.6 is 0 Å². The van der Waals surface area contributed by atoms with Gasteiger partial charge in [-0.2, -0.15) is 0 Å². The lowest BCUT2D eigenvalue weighted by Gasteiger charge is -2.27. The predicted octanol–water partition coefficient (Wildman–Crippen LogP) is 1.37. The lowest BCUT2D eigenvalue weighted by Crippen LogP contribution is -2.33. The molecule has 2 heterocycles. The normalized spacial score (nSPS) is 19.6. The monoisotopic (exact) mass is 262 g/mol. The van der Waals surface area contributed by atoms with E-state index in [0.29, 0.717) is 11.8 Å². The van der Waals surface area contributed by atoms with Gasteiger partial charge < -0.3 is 10.5 Å². The van der Waals surface area contributed by atoms with E-state index in [1.807, 2.05) is 12.1 Å². The maximum atomic E-state index is 7.55. The minimum Gasteiger partial charge on any atom is -0.382 e. The fourth-order valence-corrected chi connectivity index (χ4v) is 2.46. The number of amidine groups is 1. The molecule has 0 aliphatic carbocycles. The van der Waals surface area contributed by atoms with Gasteiger partial charge in [-0.1, -0.05) is 6.07 Å². The van der Waals surface area contributed by atoms with Crippen LogP contribution in [0.1, 0.15) is 30.5 Å². The summed E-state index contributed by atoms with van der Waals surface area (Å²) in [5.41, 5.74) is 7.13. The van der Waals surface area contributed by atoms with E-state index in [-0.39, 0.29) is 5.84 Å². The summed E-state index contributed by atoms with van der Waals surface area (Å²) < 4.78 is 5.74. The summed E-state index contributed by atoms with van der Waals surface area (Å²) >= 11 is 0. The lowest BCUT2D eigenvalue weighted by atomic mass is 10.1. The fourth-order valence-electron chi connectivity index (χ4n) is 2.46. The maximum absolute atomic E-state index is 7.55. The lowest BCUT2D eigenvalue weighted by molar-refractivity contribution is -0.00261. The van der Waals surface area contributed by atoms with E-state index in [2.05, 4.69) is 16.9 Å². The zero-order chi connectivity index (χ0) is 13.7. The molecule has 1 unspecified atom stereocenters. The molecule has 0 spiro atoms. The van der Waals surface area contributed by atoms with Gasteiger partial charge in [0.1, 0.15) is 11.5 Å². The summed E-state index contributed by atoms with van der Waals surface area (Å²) in [4.78, 5) is 6.38. The molecule has 5 heteroatoms. The Morgan fingerprint density at radius 1 is 1.58 bits per heavy atom. The fraction of sp³-hybridized carbons (Fsp3) is 0.571. The molecule has 104 valence electrons. The highest BCUT2D eigenvalue weighted by Gasteiger charge is 2.17. The van der Waals surface area contributed by atoms with Crippen molar-refractivity contribution in [1.29, 1.82) is 5.41 Å². The molecule has 19 heavy (non-hydrogen) atoms. The summed E-state index contributed by atoms with van der Waals surface area (Å²) in [5, 5.41) is 7.55. The average molecular weight is 262 g/mol. The smallest absolute Gasteiger partial charge is 0.142 e. The van der Waals surface area contributed by atoms with Crippen LogP contribution in [0.3, 0.4) is 0 Å². The van der Waals surface area contributed by atoms with Crippen molar-refractivity contribution in [3.05, 3.63) is 29.6 Å². The van der Waals surface area contributed by atoms with E-state index < -0.39 is 0 Å². The average Bonchev–Trinajstić information content (AvgIpc) is 2.40. The molecule has 1 aromatic rings. The molecule has 0 amide bonds. The molecule has 1 saturated heterocycles. The predicted molar refractivity (Wildman–Crippen MR) is 75.2 cm³/mol. The first-order chi connectivity index (χ1) is 9.16. The molecule has 1 atom stereocenters. The number of nitrogen functional groups attached to an aromatic ring is 1. The Balaban J connectivity index is 1.94. The van der Waals surface area contributed by atoms with E-state index in [0.717, 1.165) is 31.7 Å². The van der Waals surface area contributed by atoms with E-state index in [1.54, 1.807) is 6.20 Å². The minimum atomic E-state index is 0.0258. The van der Waals surface area contributed by atoms with Gasteiger partial charge in [0.15, 0.2) is 0 Å². The Bertz CT molecular complexity index is 429. The Morgan fingerprint density at radius 3 is 3.11 bits per heavy atom. The quantitative estimate of drug-likeness (QED) is 0.620. The first-order valence-electron chi connectivity index (χ1n) is 6.75. The van der Waals surface area contributed by atoms with Crippen LogP contribution in [0.2, 0.25) is 0 Å². The molecule has 5 nitrogen and oxygen atoms in total. The van der Waals surface area contributed by atoms with Crippen molar-refractivity contribution in [2.45, 2.75) is 31.9 Å². The minimum absolute atomic E-state index is 0.0258. The molecule has 1 fully saturated rings. The van der Waals surface area contributed by atoms with Gasteiger partial charge in [0.25, 0.3) is 0 Å². The van der Waals surface area contributed by atoms with Crippen molar-refractivity contribution in [2.24, 2.45) is 5.73 Å². The van der Waals surface area contributed by atoms with Crippen molar-refractivity contribution in [1.82, 2.24) is 9.88 Å². The Kier molecular flexibility index (Phi) is 4.87. The molecule has 1 aliphatic rings. The second-order valence-electron chi connectivity index (χ2n) is 5.11. The van der Waals surface area contributed by atoms with E-state index in [1.165, 1.54) is 12.8 Å². The third kappa shape index (κ3) is 4.01. The molecule has 0 bridgehead atoms. The number of nitrogens with one attached hydrogen (secondary N) is 1. The molecule has 2 rings (SSSR count). The van der Waals surface area contributed by atoms with Crippen molar-refractivity contribution < 1.29 is 4.74 Å². The van der Waals surface area contributed by atoms with Gasteiger partial charge in [0, 0.05) is 25.9 Å². The standard InChI is InChI=1S/C14H22N4O/c1-18(10-12-6-2-3-8-19-12)9-11-5-4-7-17-13(11)14(15)16/h4-5,7,12H,2-3,6,8-10H2,1H3,(H3,15,16). The van der Waals surface area contributed by atoms with Gasteiger partial charge in [0.2, 0.25) is 0 Å². The summed E-state index contributed by atoms with van der Waals surface area (Å²) in [5.74, 6) is 0.0258. The zero-order valence-electron chi connectivity index (χ0n) is 11.4. The third-order valence-corrected chi connectivity index (χ3v) is 3.38. The SMILES string of the molecule is CN(Cc1cccnc1C(=N)N)CC1CCCCO1. The van der Waals surface area contributed by atoms with Crippen LogP contribution in [0.4, 0.5) is 0 Å². The van der Waals surface area contributed by atoms with Crippen molar-refractivity contribution in [3.63, 3.8) is 0 Å². The largest absolute Gasteiger partial charge is 0.382 e. The number of nitrogens with two attached hydrogens (primary N) is 1. The highest BCUT2D eigenvalue weighted by molar-refractivity contribution is 5.94. The molecular weight excluding hydrogens is 240 g/mol. The maximum Gasteiger partial charge on any atom is 0.142 e. The number of hydrogen-bond donors (Lipinski definition) is 2.